The number of hydrogen-bond acceptors (Lipinski definition) is 8. The number of ether oxygens (including phenoxy) is 4. The minimum Gasteiger partial charge on any atom is -0.459 e. The first-order valence-corrected chi connectivity index (χ1v) is 14.8. The van der Waals surface area contributed by atoms with Gasteiger partial charge in [-0.1, -0.05) is 37.6 Å². The van der Waals surface area contributed by atoms with E-state index < -0.39 is 23.5 Å². The van der Waals surface area contributed by atoms with Gasteiger partial charge in [-0.3, -0.25) is 14.4 Å². The van der Waals surface area contributed by atoms with Crippen molar-refractivity contribution in [2.45, 2.75) is 122 Å². The smallest absolute Gasteiger partial charge is 0.303 e. The van der Waals surface area contributed by atoms with Crippen LogP contribution >= 0.6 is 0 Å². The van der Waals surface area contributed by atoms with Gasteiger partial charge in [-0.2, -0.15) is 0 Å². The van der Waals surface area contributed by atoms with Crippen LogP contribution in [0.25, 0.3) is 0 Å². The van der Waals surface area contributed by atoms with Gasteiger partial charge < -0.3 is 34.7 Å². The maximum absolute atomic E-state index is 12.4. The van der Waals surface area contributed by atoms with E-state index in [1.165, 1.54) is 13.0 Å². The minimum absolute atomic E-state index is 0.0156. The average molecular weight is 577 g/mol. The molecule has 3 aliphatic heterocycles. The Bertz CT molecular complexity index is 1020. The molecule has 41 heavy (non-hydrogen) atoms. The number of rotatable bonds is 12. The van der Waals surface area contributed by atoms with Gasteiger partial charge in [0.25, 0.3) is 0 Å². The van der Waals surface area contributed by atoms with E-state index in [9.17, 15) is 19.5 Å². The third kappa shape index (κ3) is 10.7. The molecule has 10 nitrogen and oxygen atoms in total. The highest BCUT2D eigenvalue weighted by Crippen LogP contribution is 2.46. The molecule has 3 fully saturated rings. The van der Waals surface area contributed by atoms with Crippen LogP contribution in [0.3, 0.4) is 0 Å². The molecule has 8 atom stereocenters. The summed E-state index contributed by atoms with van der Waals surface area (Å²) in [5.41, 5.74) is 0.620. The van der Waals surface area contributed by atoms with E-state index >= 15 is 0 Å². The Morgan fingerprint density at radius 3 is 2.59 bits per heavy atom. The molecule has 10 heteroatoms. The molecule has 3 rings (SSSR count). The number of hydrogen-bond donors (Lipinski definition) is 3. The summed E-state index contributed by atoms with van der Waals surface area (Å²) in [5, 5.41) is 16.9. The fourth-order valence-electron chi connectivity index (χ4n) is 5.52. The fourth-order valence-corrected chi connectivity index (χ4v) is 5.52. The van der Waals surface area contributed by atoms with Gasteiger partial charge >= 0.3 is 5.97 Å². The van der Waals surface area contributed by atoms with E-state index in [0.29, 0.717) is 26.0 Å². The Morgan fingerprint density at radius 1 is 1.20 bits per heavy atom. The van der Waals surface area contributed by atoms with Crippen LogP contribution in [0.1, 0.15) is 80.1 Å². The van der Waals surface area contributed by atoms with Gasteiger partial charge in [-0.25, -0.2) is 0 Å². The Kier molecular flexibility index (Phi) is 11.7. The van der Waals surface area contributed by atoms with E-state index in [4.69, 9.17) is 18.9 Å². The molecule has 0 saturated carbocycles. The molecule has 3 saturated heterocycles. The number of esters is 1. The molecular formula is C31H48N2O8. The van der Waals surface area contributed by atoms with Crippen LogP contribution in [0.2, 0.25) is 0 Å². The van der Waals surface area contributed by atoms with Crippen LogP contribution in [-0.2, 0) is 33.3 Å². The Labute approximate surface area is 243 Å². The molecule has 2 unspecified atom stereocenters. The molecule has 0 radical (unpaired) electrons. The number of aliphatic hydroxyl groups is 1. The predicted octanol–water partition coefficient (Wildman–Crippen LogP) is 3.24. The standard InChI is InChI=1S/C31H48N2O8/c1-7-14-32-29(36)17-31(37)18-30(19-38-30)16-25(41-31)11-8-20(2)9-12-27-21(3)15-26(23(5)40-27)33-28(35)13-10-22(4)39-24(6)34/h8-11,13,21-23,25-27,37H,7,12,14-19H2,1-6H3,(H,32,36)(H,33,35)/b11-8+,13-10-,20-9+/t21-,22?,23+,25+,26+,27-,30+,31?/m0/s1. The van der Waals surface area contributed by atoms with Crippen LogP contribution < -0.4 is 10.6 Å². The van der Waals surface area contributed by atoms with Gasteiger partial charge in [0.15, 0.2) is 5.79 Å². The molecule has 3 aliphatic rings. The number of nitrogens with one attached hydrogen (secondary N) is 2. The van der Waals surface area contributed by atoms with Crippen LogP contribution in [-0.4, -0.2) is 77.9 Å². The summed E-state index contributed by atoms with van der Waals surface area (Å²) < 4.78 is 22.9. The fraction of sp³-hybridized carbons (Fsp3) is 0.710. The number of carbonyl (C=O) groups excluding carboxylic acids is 3. The quantitative estimate of drug-likeness (QED) is 0.139. The maximum atomic E-state index is 12.4. The molecule has 1 spiro atoms. The Hall–Kier alpha value is -2.53. The maximum Gasteiger partial charge on any atom is 0.303 e. The molecule has 0 bridgehead atoms. The van der Waals surface area contributed by atoms with Gasteiger partial charge in [-0.05, 0) is 52.0 Å². The molecule has 230 valence electrons. The first-order chi connectivity index (χ1) is 19.3. The van der Waals surface area contributed by atoms with E-state index in [-0.39, 0.29) is 48.5 Å². The summed E-state index contributed by atoms with van der Waals surface area (Å²) in [6, 6.07) is -0.115. The summed E-state index contributed by atoms with van der Waals surface area (Å²) in [7, 11) is 0. The summed E-state index contributed by atoms with van der Waals surface area (Å²) in [5.74, 6) is -2.18. The first kappa shape index (κ1) is 33.0. The van der Waals surface area contributed by atoms with Crippen molar-refractivity contribution >= 4 is 17.8 Å². The molecule has 0 aliphatic carbocycles. The van der Waals surface area contributed by atoms with Gasteiger partial charge in [-0.15, -0.1) is 0 Å². The van der Waals surface area contributed by atoms with Crippen molar-refractivity contribution in [1.82, 2.24) is 10.6 Å². The topological polar surface area (TPSA) is 136 Å². The molecule has 0 aromatic rings. The highest BCUT2D eigenvalue weighted by Gasteiger charge is 2.57. The minimum atomic E-state index is -1.55. The highest BCUT2D eigenvalue weighted by atomic mass is 16.7. The van der Waals surface area contributed by atoms with Crippen molar-refractivity contribution in [3.63, 3.8) is 0 Å². The van der Waals surface area contributed by atoms with Crippen LogP contribution in [0.4, 0.5) is 0 Å². The summed E-state index contributed by atoms with van der Waals surface area (Å²) >= 11 is 0. The monoisotopic (exact) mass is 576 g/mol. The average Bonchev–Trinajstić information content (AvgIpc) is 3.62. The Morgan fingerprint density at radius 2 is 1.93 bits per heavy atom. The third-order valence-electron chi connectivity index (χ3n) is 7.76. The lowest BCUT2D eigenvalue weighted by Gasteiger charge is -2.39. The molecular weight excluding hydrogens is 528 g/mol. The van der Waals surface area contributed by atoms with Crippen molar-refractivity contribution in [3.05, 3.63) is 36.0 Å². The Balaban J connectivity index is 1.49. The van der Waals surface area contributed by atoms with Gasteiger partial charge in [0.1, 0.15) is 6.10 Å². The van der Waals surface area contributed by atoms with E-state index in [1.807, 2.05) is 32.9 Å². The summed E-state index contributed by atoms with van der Waals surface area (Å²) in [6.07, 6.45) is 11.2. The number of carbonyl (C=O) groups is 3. The van der Waals surface area contributed by atoms with Crippen LogP contribution in [0.15, 0.2) is 36.0 Å². The normalized spacial score (nSPS) is 34.5. The summed E-state index contributed by atoms with van der Waals surface area (Å²) in [6.45, 7) is 12.2. The van der Waals surface area contributed by atoms with Crippen molar-refractivity contribution < 1.29 is 38.4 Å². The molecule has 2 amide bonds. The van der Waals surface area contributed by atoms with E-state index in [1.54, 1.807) is 13.0 Å². The van der Waals surface area contributed by atoms with Crippen molar-refractivity contribution in [2.75, 3.05) is 13.2 Å². The van der Waals surface area contributed by atoms with Crippen molar-refractivity contribution in [3.8, 4) is 0 Å². The van der Waals surface area contributed by atoms with Crippen molar-refractivity contribution in [1.29, 1.82) is 0 Å². The third-order valence-corrected chi connectivity index (χ3v) is 7.76. The largest absolute Gasteiger partial charge is 0.459 e. The van der Waals surface area contributed by atoms with Gasteiger partial charge in [0, 0.05) is 32.4 Å². The van der Waals surface area contributed by atoms with Crippen molar-refractivity contribution in [2.24, 2.45) is 5.92 Å². The second-order valence-electron chi connectivity index (χ2n) is 11.9. The number of allylic oxidation sites excluding steroid dienone is 2. The van der Waals surface area contributed by atoms with Gasteiger partial charge in [0.05, 0.1) is 43.0 Å². The second kappa shape index (κ2) is 14.6. The number of amides is 2. The SMILES string of the molecule is CCCNC(=O)CC1(O)C[C@@]2(CO2)C[C@@H](/C=C/C(C)=C/C[C@@H]2O[C@H](C)[C@H](NC(=O)/C=C\C(C)OC(C)=O)C[C@@H]2C)O1. The molecule has 3 N–H and O–H groups in total. The van der Waals surface area contributed by atoms with E-state index in [2.05, 4.69) is 23.6 Å². The van der Waals surface area contributed by atoms with Gasteiger partial charge in [0.2, 0.25) is 11.8 Å². The lowest BCUT2D eigenvalue weighted by atomic mass is 9.87. The second-order valence-corrected chi connectivity index (χ2v) is 11.9. The van der Waals surface area contributed by atoms with Crippen LogP contribution in [0.5, 0.6) is 0 Å². The lowest BCUT2D eigenvalue weighted by Crippen LogP contribution is -2.50. The molecule has 0 aromatic carbocycles. The first-order valence-electron chi connectivity index (χ1n) is 14.8. The highest BCUT2D eigenvalue weighted by molar-refractivity contribution is 5.87. The van der Waals surface area contributed by atoms with E-state index in [0.717, 1.165) is 24.8 Å². The predicted molar refractivity (Wildman–Crippen MR) is 154 cm³/mol. The number of epoxide rings is 1. The zero-order valence-electron chi connectivity index (χ0n) is 25.3. The lowest BCUT2D eigenvalue weighted by molar-refractivity contribution is -0.256. The molecule has 3 heterocycles. The zero-order chi connectivity index (χ0) is 30.2. The van der Waals surface area contributed by atoms with Crippen LogP contribution in [0, 0.1) is 5.92 Å². The molecule has 0 aromatic heterocycles. The zero-order valence-corrected chi connectivity index (χ0v) is 25.3. The summed E-state index contributed by atoms with van der Waals surface area (Å²) in [4.78, 5) is 35.6.